The molecule has 6 rings (SSSR count). The molecule has 196 valence electrons. The number of carboxylic acid groups (broad SMARTS) is 1. The van der Waals surface area contributed by atoms with Crippen LogP contribution in [0.3, 0.4) is 0 Å². The van der Waals surface area contributed by atoms with Crippen molar-refractivity contribution in [2.75, 3.05) is 6.61 Å². The van der Waals surface area contributed by atoms with E-state index in [1.54, 1.807) is 12.1 Å². The number of pyridine rings is 1. The van der Waals surface area contributed by atoms with Crippen molar-refractivity contribution in [3.05, 3.63) is 108 Å². The van der Waals surface area contributed by atoms with Crippen LogP contribution in [-0.2, 0) is 6.54 Å². The number of carboxylic acids is 1. The summed E-state index contributed by atoms with van der Waals surface area (Å²) >= 11 is 0. The van der Waals surface area contributed by atoms with Gasteiger partial charge in [-0.25, -0.2) is 9.78 Å². The van der Waals surface area contributed by atoms with Gasteiger partial charge in [0.2, 0.25) is 0 Å². The molecule has 0 aliphatic carbocycles. The van der Waals surface area contributed by atoms with E-state index < -0.39 is 5.97 Å². The topological polar surface area (TPSA) is 113 Å². The lowest BCUT2D eigenvalue weighted by molar-refractivity contribution is 0.0697. The van der Waals surface area contributed by atoms with E-state index >= 15 is 0 Å². The predicted molar refractivity (Wildman–Crippen MR) is 151 cm³/mol. The van der Waals surface area contributed by atoms with Gasteiger partial charge in [0.15, 0.2) is 0 Å². The Labute approximate surface area is 225 Å². The molecule has 0 fully saturated rings. The average Bonchev–Trinajstić information content (AvgIpc) is 3.51. The first-order valence-electron chi connectivity index (χ1n) is 12.5. The lowest BCUT2D eigenvalue weighted by Gasteiger charge is -2.11. The molecular weight excluding hydrogens is 492 g/mol. The van der Waals surface area contributed by atoms with Crippen LogP contribution in [0.4, 0.5) is 0 Å². The summed E-state index contributed by atoms with van der Waals surface area (Å²) in [6, 6.07) is 25.8. The fourth-order valence-corrected chi connectivity index (χ4v) is 4.88. The van der Waals surface area contributed by atoms with Crippen LogP contribution < -0.4 is 4.74 Å². The number of rotatable bonds is 7. The van der Waals surface area contributed by atoms with Gasteiger partial charge in [-0.2, -0.15) is 4.98 Å². The molecule has 3 aromatic heterocycles. The van der Waals surface area contributed by atoms with Crippen molar-refractivity contribution in [1.29, 1.82) is 0 Å². The molecule has 8 heteroatoms. The first-order chi connectivity index (χ1) is 18.5. The van der Waals surface area contributed by atoms with Crippen molar-refractivity contribution >= 4 is 22.6 Å². The first kappa shape index (κ1) is 25.7. The van der Waals surface area contributed by atoms with Gasteiger partial charge in [0.25, 0.3) is 6.01 Å². The van der Waals surface area contributed by atoms with Crippen molar-refractivity contribution in [1.82, 2.24) is 18.9 Å². The number of ether oxygens (including phenoxy) is 1. The summed E-state index contributed by atoms with van der Waals surface area (Å²) < 4.78 is 10.0. The monoisotopic (exact) mass is 520 g/mol. The van der Waals surface area contributed by atoms with Crippen LogP contribution in [0.1, 0.15) is 28.4 Å². The second kappa shape index (κ2) is 10.4. The van der Waals surface area contributed by atoms with Crippen LogP contribution in [0.15, 0.2) is 91.3 Å². The molecule has 0 spiro atoms. The van der Waals surface area contributed by atoms with Crippen molar-refractivity contribution in [2.24, 2.45) is 0 Å². The van der Waals surface area contributed by atoms with E-state index in [9.17, 15) is 9.90 Å². The zero-order valence-corrected chi connectivity index (χ0v) is 21.6. The SMILES string of the molecule is CCOc1nc2c(C)cc(-c3cn4ccccc4n3)cc2n1Cc1ccc(-c2ccccc2C(=O)O)cc1.O. The maximum absolute atomic E-state index is 11.7. The number of aromatic nitrogens is 4. The standard InChI is InChI=1S/C31H26N4O3.H2O/c1-3-38-31-33-29-20(2)16-23(26-19-34-15-7-6-10-28(34)32-26)17-27(29)35(31)18-21-11-13-22(14-12-21)24-8-4-5-9-25(24)30(36)37;/h4-17,19H,3,18H2,1-2H3,(H,36,37);1H2. The molecule has 0 saturated carbocycles. The van der Waals surface area contributed by atoms with Crippen LogP contribution in [-0.4, -0.2) is 42.1 Å². The molecule has 0 amide bonds. The van der Waals surface area contributed by atoms with Gasteiger partial charge >= 0.3 is 5.97 Å². The van der Waals surface area contributed by atoms with Gasteiger partial charge in [0.05, 0.1) is 35.4 Å². The van der Waals surface area contributed by atoms with Gasteiger partial charge in [0, 0.05) is 18.0 Å². The molecule has 0 bridgehead atoms. The fourth-order valence-electron chi connectivity index (χ4n) is 4.88. The van der Waals surface area contributed by atoms with Crippen LogP contribution in [0, 0.1) is 6.92 Å². The lowest BCUT2D eigenvalue weighted by Crippen LogP contribution is -2.05. The highest BCUT2D eigenvalue weighted by Gasteiger charge is 2.17. The van der Waals surface area contributed by atoms with Gasteiger partial charge in [-0.3, -0.25) is 4.57 Å². The van der Waals surface area contributed by atoms with Crippen LogP contribution >= 0.6 is 0 Å². The number of hydrogen-bond donors (Lipinski definition) is 1. The normalized spacial score (nSPS) is 11.0. The van der Waals surface area contributed by atoms with Gasteiger partial charge in [-0.15, -0.1) is 0 Å². The molecule has 0 aliphatic heterocycles. The minimum Gasteiger partial charge on any atom is -0.478 e. The minimum absolute atomic E-state index is 0. The van der Waals surface area contributed by atoms with Crippen molar-refractivity contribution in [2.45, 2.75) is 20.4 Å². The molecule has 0 radical (unpaired) electrons. The lowest BCUT2D eigenvalue weighted by atomic mass is 9.99. The Balaban J connectivity index is 0.00000308. The number of benzene rings is 3. The van der Waals surface area contributed by atoms with E-state index in [1.807, 2.05) is 78.3 Å². The van der Waals surface area contributed by atoms with Gasteiger partial charge in [0.1, 0.15) is 5.65 Å². The number of nitrogens with zero attached hydrogens (tertiary/aromatic N) is 4. The van der Waals surface area contributed by atoms with Gasteiger partial charge in [-0.05, 0) is 66.4 Å². The van der Waals surface area contributed by atoms with Gasteiger partial charge < -0.3 is 19.7 Å². The molecule has 3 N–H and O–H groups in total. The number of fused-ring (bicyclic) bond motifs is 2. The van der Waals surface area contributed by atoms with Crippen molar-refractivity contribution in [3.63, 3.8) is 0 Å². The minimum atomic E-state index is -0.937. The predicted octanol–water partition coefficient (Wildman–Crippen LogP) is 5.65. The number of hydrogen-bond acceptors (Lipinski definition) is 4. The van der Waals surface area contributed by atoms with Crippen LogP contribution in [0.25, 0.3) is 39.1 Å². The van der Waals surface area contributed by atoms with E-state index in [4.69, 9.17) is 14.7 Å². The highest BCUT2D eigenvalue weighted by atomic mass is 16.5. The van der Waals surface area contributed by atoms with E-state index in [-0.39, 0.29) is 11.0 Å². The molecule has 0 saturated heterocycles. The zero-order chi connectivity index (χ0) is 26.2. The maximum atomic E-state index is 11.7. The molecule has 39 heavy (non-hydrogen) atoms. The summed E-state index contributed by atoms with van der Waals surface area (Å²) in [6.07, 6.45) is 4.03. The highest BCUT2D eigenvalue weighted by molar-refractivity contribution is 5.96. The third kappa shape index (κ3) is 4.73. The quantitative estimate of drug-likeness (QED) is 0.292. The Morgan fingerprint density at radius 1 is 0.949 bits per heavy atom. The van der Waals surface area contributed by atoms with Gasteiger partial charge in [-0.1, -0.05) is 48.5 Å². The number of imidazole rings is 2. The summed E-state index contributed by atoms with van der Waals surface area (Å²) in [5, 5.41) is 9.57. The third-order valence-electron chi connectivity index (χ3n) is 6.71. The zero-order valence-electron chi connectivity index (χ0n) is 21.6. The fraction of sp³-hybridized carbons (Fsp3) is 0.129. The van der Waals surface area contributed by atoms with E-state index in [0.717, 1.165) is 44.6 Å². The Morgan fingerprint density at radius 2 is 1.72 bits per heavy atom. The number of aryl methyl sites for hydroxylation is 1. The Hall–Kier alpha value is -4.95. The first-order valence-corrected chi connectivity index (χ1v) is 12.5. The Bertz CT molecular complexity index is 1770. The molecule has 3 aromatic carbocycles. The summed E-state index contributed by atoms with van der Waals surface area (Å²) in [7, 11) is 0. The molecule has 3 heterocycles. The van der Waals surface area contributed by atoms with E-state index in [2.05, 4.69) is 23.6 Å². The number of aromatic carboxylic acids is 1. The summed E-state index contributed by atoms with van der Waals surface area (Å²) in [5.74, 6) is -0.937. The summed E-state index contributed by atoms with van der Waals surface area (Å²) in [4.78, 5) is 21.3. The average molecular weight is 521 g/mol. The third-order valence-corrected chi connectivity index (χ3v) is 6.71. The van der Waals surface area contributed by atoms with Crippen LogP contribution in [0.5, 0.6) is 6.01 Å². The molecular formula is C31H28N4O4. The Morgan fingerprint density at radius 3 is 2.46 bits per heavy atom. The highest BCUT2D eigenvalue weighted by Crippen LogP contribution is 2.31. The molecule has 0 aliphatic rings. The summed E-state index contributed by atoms with van der Waals surface area (Å²) in [5.41, 5.74) is 8.63. The maximum Gasteiger partial charge on any atom is 0.336 e. The smallest absolute Gasteiger partial charge is 0.336 e. The molecule has 0 atom stereocenters. The van der Waals surface area contributed by atoms with Crippen molar-refractivity contribution in [3.8, 4) is 28.4 Å². The largest absolute Gasteiger partial charge is 0.478 e. The van der Waals surface area contributed by atoms with Crippen molar-refractivity contribution < 1.29 is 20.1 Å². The van der Waals surface area contributed by atoms with Crippen LogP contribution in [0.2, 0.25) is 0 Å². The Kier molecular flexibility index (Phi) is 6.87. The second-order valence-corrected chi connectivity index (χ2v) is 9.21. The molecule has 8 nitrogen and oxygen atoms in total. The second-order valence-electron chi connectivity index (χ2n) is 9.21. The molecule has 6 aromatic rings. The molecule has 0 unspecified atom stereocenters. The van der Waals surface area contributed by atoms with E-state index in [1.165, 1.54) is 0 Å². The number of carbonyl (C=O) groups is 1. The van der Waals surface area contributed by atoms with E-state index in [0.29, 0.717) is 24.7 Å². The summed E-state index contributed by atoms with van der Waals surface area (Å²) in [6.45, 7) is 5.07.